The number of amides is 1. The molecule has 0 aromatic heterocycles. The van der Waals surface area contributed by atoms with Crippen molar-refractivity contribution in [1.82, 2.24) is 15.6 Å². The van der Waals surface area contributed by atoms with Gasteiger partial charge in [-0.05, 0) is 48.7 Å². The van der Waals surface area contributed by atoms with Crippen LogP contribution in [0.1, 0.15) is 30.5 Å². The van der Waals surface area contributed by atoms with Crippen molar-refractivity contribution in [3.8, 4) is 0 Å². The Kier molecular flexibility index (Phi) is 5.61. The van der Waals surface area contributed by atoms with E-state index in [1.807, 2.05) is 31.2 Å². The predicted molar refractivity (Wildman–Crippen MR) is 104 cm³/mol. The summed E-state index contributed by atoms with van der Waals surface area (Å²) in [4.78, 5) is 13.0. The van der Waals surface area contributed by atoms with Crippen molar-refractivity contribution in [2.75, 3.05) is 11.9 Å². The number of anilines is 1. The summed E-state index contributed by atoms with van der Waals surface area (Å²) in [6.45, 7) is 3.49. The van der Waals surface area contributed by atoms with Gasteiger partial charge in [-0.2, -0.15) is 4.72 Å². The molecule has 0 spiro atoms. The van der Waals surface area contributed by atoms with Gasteiger partial charge in [0.05, 0.1) is 11.1 Å². The Labute approximate surface area is 159 Å². The first-order valence-electron chi connectivity index (χ1n) is 8.71. The van der Waals surface area contributed by atoms with E-state index in [4.69, 9.17) is 0 Å². The molecule has 1 amide bonds. The number of hydrogen-bond donors (Lipinski definition) is 3. The molecule has 2 unspecified atom stereocenters. The van der Waals surface area contributed by atoms with Crippen LogP contribution in [0.4, 0.5) is 5.69 Å². The van der Waals surface area contributed by atoms with Crippen LogP contribution in [0.2, 0.25) is 0 Å². The predicted octanol–water partition coefficient (Wildman–Crippen LogP) is 1.82. The highest BCUT2D eigenvalue weighted by atomic mass is 32.2. The molecule has 0 saturated carbocycles. The molecule has 0 aliphatic carbocycles. The standard InChI is InChI=1S/C19H24N4O3S/c1-13-6-4-5-7-17(13)18-12-19(21-20-18)22-27(25,26)16-10-8-15(9-11-16)23(3)14(2)24/h4-11,18-22H,12H2,1-3H3. The van der Waals surface area contributed by atoms with E-state index >= 15 is 0 Å². The molecule has 27 heavy (non-hydrogen) atoms. The lowest BCUT2D eigenvalue weighted by atomic mass is 10.00. The maximum atomic E-state index is 12.7. The Bertz CT molecular complexity index is 928. The van der Waals surface area contributed by atoms with E-state index in [-0.39, 0.29) is 16.8 Å². The van der Waals surface area contributed by atoms with E-state index in [9.17, 15) is 13.2 Å². The fourth-order valence-electron chi connectivity index (χ4n) is 3.10. The maximum absolute atomic E-state index is 12.7. The average Bonchev–Trinajstić information content (AvgIpc) is 3.09. The molecule has 2 aromatic rings. The monoisotopic (exact) mass is 388 g/mol. The molecule has 8 heteroatoms. The lowest BCUT2D eigenvalue weighted by Gasteiger charge is -2.16. The highest BCUT2D eigenvalue weighted by Crippen LogP contribution is 2.25. The smallest absolute Gasteiger partial charge is 0.241 e. The van der Waals surface area contributed by atoms with Gasteiger partial charge in [-0.25, -0.2) is 19.3 Å². The minimum Gasteiger partial charge on any atom is -0.316 e. The van der Waals surface area contributed by atoms with Gasteiger partial charge in [-0.3, -0.25) is 4.79 Å². The second-order valence-electron chi connectivity index (χ2n) is 6.68. The molecule has 144 valence electrons. The van der Waals surface area contributed by atoms with Gasteiger partial charge >= 0.3 is 0 Å². The van der Waals surface area contributed by atoms with Crippen LogP contribution in [0, 0.1) is 6.92 Å². The molecule has 1 heterocycles. The topological polar surface area (TPSA) is 90.5 Å². The number of benzene rings is 2. The third-order valence-corrected chi connectivity index (χ3v) is 6.26. The number of carbonyl (C=O) groups is 1. The molecule has 1 fully saturated rings. The van der Waals surface area contributed by atoms with Crippen LogP contribution >= 0.6 is 0 Å². The molecule has 3 N–H and O–H groups in total. The number of rotatable bonds is 5. The van der Waals surface area contributed by atoms with Crippen molar-refractivity contribution in [2.24, 2.45) is 0 Å². The maximum Gasteiger partial charge on any atom is 0.241 e. The zero-order valence-electron chi connectivity index (χ0n) is 15.6. The first-order valence-corrected chi connectivity index (χ1v) is 10.2. The van der Waals surface area contributed by atoms with Gasteiger partial charge in [-0.15, -0.1) is 0 Å². The highest BCUT2D eigenvalue weighted by molar-refractivity contribution is 7.89. The fourth-order valence-corrected chi connectivity index (χ4v) is 4.26. The van der Waals surface area contributed by atoms with Crippen LogP contribution in [0.25, 0.3) is 0 Å². The van der Waals surface area contributed by atoms with Crippen molar-refractivity contribution in [2.45, 2.75) is 37.4 Å². The van der Waals surface area contributed by atoms with Gasteiger partial charge < -0.3 is 4.90 Å². The normalized spacial score (nSPS) is 19.8. The van der Waals surface area contributed by atoms with Gasteiger partial charge in [-0.1, -0.05) is 24.3 Å². The summed E-state index contributed by atoms with van der Waals surface area (Å²) in [5.41, 5.74) is 9.10. The van der Waals surface area contributed by atoms with Gasteiger partial charge in [0.1, 0.15) is 0 Å². The van der Waals surface area contributed by atoms with E-state index in [0.29, 0.717) is 12.1 Å². The third kappa shape index (κ3) is 4.36. The third-order valence-electron chi connectivity index (χ3n) is 4.77. The zero-order valence-corrected chi connectivity index (χ0v) is 16.4. The summed E-state index contributed by atoms with van der Waals surface area (Å²) in [5, 5.41) is 0. The van der Waals surface area contributed by atoms with Crippen molar-refractivity contribution >= 4 is 21.6 Å². The number of hydrazine groups is 1. The number of sulfonamides is 1. The van der Waals surface area contributed by atoms with Crippen LogP contribution in [0.15, 0.2) is 53.4 Å². The zero-order chi connectivity index (χ0) is 19.6. The van der Waals surface area contributed by atoms with Crippen molar-refractivity contribution < 1.29 is 13.2 Å². The van der Waals surface area contributed by atoms with E-state index in [2.05, 4.69) is 15.6 Å². The van der Waals surface area contributed by atoms with Crippen molar-refractivity contribution in [1.29, 1.82) is 0 Å². The van der Waals surface area contributed by atoms with E-state index < -0.39 is 16.2 Å². The summed E-state index contributed by atoms with van der Waals surface area (Å²) in [6, 6.07) is 14.3. The quantitative estimate of drug-likeness (QED) is 0.727. The second-order valence-corrected chi connectivity index (χ2v) is 8.39. The van der Waals surface area contributed by atoms with Crippen LogP contribution in [-0.2, 0) is 14.8 Å². The molecular weight excluding hydrogens is 364 g/mol. The Morgan fingerprint density at radius 1 is 1.11 bits per heavy atom. The SMILES string of the molecule is CC(=O)N(C)c1ccc(S(=O)(=O)NC2CC(c3ccccc3C)NN2)cc1. The fraction of sp³-hybridized carbons (Fsp3) is 0.316. The molecule has 0 radical (unpaired) electrons. The average molecular weight is 388 g/mol. The van der Waals surface area contributed by atoms with Gasteiger partial charge in [0.25, 0.3) is 0 Å². The molecule has 1 saturated heterocycles. The molecule has 0 bridgehead atoms. The van der Waals surface area contributed by atoms with Crippen molar-refractivity contribution in [3.05, 3.63) is 59.7 Å². The Morgan fingerprint density at radius 2 is 1.78 bits per heavy atom. The van der Waals surface area contributed by atoms with Crippen molar-refractivity contribution in [3.63, 3.8) is 0 Å². The lowest BCUT2D eigenvalue weighted by Crippen LogP contribution is -2.44. The van der Waals surface area contributed by atoms with E-state index in [1.54, 1.807) is 19.2 Å². The number of nitrogens with one attached hydrogen (secondary N) is 3. The molecule has 1 aliphatic heterocycles. The Morgan fingerprint density at radius 3 is 2.41 bits per heavy atom. The van der Waals surface area contributed by atoms with Crippen LogP contribution in [0.5, 0.6) is 0 Å². The minimum atomic E-state index is -3.68. The van der Waals surface area contributed by atoms with E-state index in [0.717, 1.165) is 11.1 Å². The van der Waals surface area contributed by atoms with Gasteiger partial charge in [0.2, 0.25) is 15.9 Å². The largest absolute Gasteiger partial charge is 0.316 e. The Hall–Kier alpha value is -2.26. The second kappa shape index (κ2) is 7.77. The highest BCUT2D eigenvalue weighted by Gasteiger charge is 2.29. The van der Waals surface area contributed by atoms with Gasteiger partial charge in [0.15, 0.2) is 0 Å². The van der Waals surface area contributed by atoms with Crippen LogP contribution < -0.4 is 20.5 Å². The number of hydrogen-bond acceptors (Lipinski definition) is 5. The first kappa shape index (κ1) is 19.5. The molecule has 3 rings (SSSR count). The number of nitrogens with zero attached hydrogens (tertiary/aromatic N) is 1. The number of carbonyl (C=O) groups excluding carboxylic acids is 1. The summed E-state index contributed by atoms with van der Waals surface area (Å²) < 4.78 is 28.0. The molecular formula is C19H24N4O3S. The van der Waals surface area contributed by atoms with Crippen LogP contribution in [-0.4, -0.2) is 27.5 Å². The minimum absolute atomic E-state index is 0.0329. The molecule has 2 aromatic carbocycles. The number of aryl methyl sites for hydroxylation is 1. The van der Waals surface area contributed by atoms with Gasteiger partial charge in [0, 0.05) is 25.7 Å². The molecule has 2 atom stereocenters. The summed E-state index contributed by atoms with van der Waals surface area (Å²) in [6.07, 6.45) is 0.175. The summed E-state index contributed by atoms with van der Waals surface area (Å²) in [7, 11) is -2.04. The Balaban J connectivity index is 1.68. The first-order chi connectivity index (χ1) is 12.8. The van der Waals surface area contributed by atoms with E-state index in [1.165, 1.54) is 24.0 Å². The van der Waals surface area contributed by atoms with Crippen LogP contribution in [0.3, 0.4) is 0 Å². The molecule has 1 aliphatic rings. The molecule has 7 nitrogen and oxygen atoms in total. The lowest BCUT2D eigenvalue weighted by molar-refractivity contribution is -0.116. The summed E-state index contributed by atoms with van der Waals surface area (Å²) >= 11 is 0. The summed E-state index contributed by atoms with van der Waals surface area (Å²) in [5.74, 6) is -0.118.